The molecule has 1 N–H and O–H groups in total. The van der Waals surface area contributed by atoms with E-state index in [9.17, 15) is 5.26 Å². The van der Waals surface area contributed by atoms with E-state index in [-0.39, 0.29) is 6.04 Å². The molecule has 1 unspecified atom stereocenters. The molecule has 1 aliphatic heterocycles. The molecule has 1 aromatic rings. The first-order chi connectivity index (χ1) is 9.78. The average Bonchev–Trinajstić information content (AvgIpc) is 2.95. The Balaban J connectivity index is 1.93. The Morgan fingerprint density at radius 1 is 1.40 bits per heavy atom. The summed E-state index contributed by atoms with van der Waals surface area (Å²) in [5.74, 6) is 0.966. The molecule has 1 atom stereocenters. The third-order valence-corrected chi connectivity index (χ3v) is 3.85. The van der Waals surface area contributed by atoms with Crippen LogP contribution < -0.4 is 10.1 Å². The van der Waals surface area contributed by atoms with Gasteiger partial charge < -0.3 is 9.64 Å². The SMILES string of the molecule is CCN(CC)CCNC(C#N)c1ccc2c(c1)CCO2. The summed E-state index contributed by atoms with van der Waals surface area (Å²) in [6.45, 7) is 8.97. The topological polar surface area (TPSA) is 48.3 Å². The van der Waals surface area contributed by atoms with Gasteiger partial charge in [-0.3, -0.25) is 5.32 Å². The van der Waals surface area contributed by atoms with Gasteiger partial charge in [-0.1, -0.05) is 19.9 Å². The highest BCUT2D eigenvalue weighted by Crippen LogP contribution is 2.27. The molecular weight excluding hydrogens is 250 g/mol. The molecule has 1 aliphatic rings. The van der Waals surface area contributed by atoms with E-state index in [2.05, 4.69) is 36.2 Å². The lowest BCUT2D eigenvalue weighted by molar-refractivity contribution is 0.300. The second-order valence-electron chi connectivity index (χ2n) is 5.01. The Labute approximate surface area is 121 Å². The van der Waals surface area contributed by atoms with Crippen LogP contribution in [0.2, 0.25) is 0 Å². The van der Waals surface area contributed by atoms with Crippen molar-refractivity contribution < 1.29 is 4.74 Å². The number of hydrogen-bond donors (Lipinski definition) is 1. The predicted octanol–water partition coefficient (Wildman–Crippen LogP) is 2.12. The highest BCUT2D eigenvalue weighted by atomic mass is 16.5. The van der Waals surface area contributed by atoms with Crippen LogP contribution in [0.25, 0.3) is 0 Å². The van der Waals surface area contributed by atoms with Gasteiger partial charge in [0.2, 0.25) is 0 Å². The molecular formula is C16H23N3O. The second-order valence-corrected chi connectivity index (χ2v) is 5.01. The van der Waals surface area contributed by atoms with E-state index < -0.39 is 0 Å². The van der Waals surface area contributed by atoms with E-state index in [0.29, 0.717) is 0 Å². The molecule has 20 heavy (non-hydrogen) atoms. The van der Waals surface area contributed by atoms with Crippen LogP contribution in [0.5, 0.6) is 5.75 Å². The first-order valence-corrected chi connectivity index (χ1v) is 7.39. The zero-order chi connectivity index (χ0) is 14.4. The molecule has 1 heterocycles. The third kappa shape index (κ3) is 3.50. The van der Waals surface area contributed by atoms with Gasteiger partial charge in [0.05, 0.1) is 12.7 Å². The minimum atomic E-state index is -0.239. The van der Waals surface area contributed by atoms with E-state index in [4.69, 9.17) is 4.74 Å². The van der Waals surface area contributed by atoms with Crippen molar-refractivity contribution in [1.29, 1.82) is 5.26 Å². The van der Waals surface area contributed by atoms with Crippen LogP contribution in [0.4, 0.5) is 0 Å². The van der Waals surface area contributed by atoms with E-state index in [1.165, 1.54) is 5.56 Å². The smallest absolute Gasteiger partial charge is 0.122 e. The fourth-order valence-electron chi connectivity index (χ4n) is 2.53. The first kappa shape index (κ1) is 14.8. The van der Waals surface area contributed by atoms with E-state index in [0.717, 1.165) is 50.5 Å². The summed E-state index contributed by atoms with van der Waals surface area (Å²) in [5.41, 5.74) is 2.25. The fourth-order valence-corrected chi connectivity index (χ4v) is 2.53. The van der Waals surface area contributed by atoms with Crippen molar-refractivity contribution in [1.82, 2.24) is 10.2 Å². The molecule has 1 aromatic carbocycles. The molecule has 0 spiro atoms. The zero-order valence-corrected chi connectivity index (χ0v) is 12.4. The lowest BCUT2D eigenvalue weighted by Gasteiger charge is -2.19. The molecule has 4 nitrogen and oxygen atoms in total. The average molecular weight is 273 g/mol. The minimum Gasteiger partial charge on any atom is -0.493 e. The largest absolute Gasteiger partial charge is 0.493 e. The van der Waals surface area contributed by atoms with Crippen LogP contribution in [0.1, 0.15) is 31.0 Å². The van der Waals surface area contributed by atoms with Crippen LogP contribution in [0.3, 0.4) is 0 Å². The number of fused-ring (bicyclic) bond motifs is 1. The molecule has 0 fully saturated rings. The van der Waals surface area contributed by atoms with Gasteiger partial charge in [0.1, 0.15) is 11.8 Å². The molecule has 2 rings (SSSR count). The highest BCUT2D eigenvalue weighted by Gasteiger charge is 2.16. The number of nitrogens with one attached hydrogen (secondary N) is 1. The molecule has 0 saturated carbocycles. The summed E-state index contributed by atoms with van der Waals surface area (Å²) in [7, 11) is 0. The van der Waals surface area contributed by atoms with Crippen molar-refractivity contribution >= 4 is 0 Å². The monoisotopic (exact) mass is 273 g/mol. The second kappa shape index (κ2) is 7.28. The maximum absolute atomic E-state index is 9.35. The number of nitrogens with zero attached hydrogens (tertiary/aromatic N) is 2. The molecule has 108 valence electrons. The van der Waals surface area contributed by atoms with Crippen molar-refractivity contribution in [2.24, 2.45) is 0 Å². The number of benzene rings is 1. The third-order valence-electron chi connectivity index (χ3n) is 3.85. The van der Waals surface area contributed by atoms with Crippen molar-refractivity contribution in [2.75, 3.05) is 32.8 Å². The minimum absolute atomic E-state index is 0.239. The lowest BCUT2D eigenvalue weighted by Crippen LogP contribution is -2.33. The fraction of sp³-hybridized carbons (Fsp3) is 0.562. The molecule has 0 radical (unpaired) electrons. The predicted molar refractivity (Wildman–Crippen MR) is 79.8 cm³/mol. The van der Waals surface area contributed by atoms with Gasteiger partial charge in [0.25, 0.3) is 0 Å². The van der Waals surface area contributed by atoms with Crippen molar-refractivity contribution in [3.63, 3.8) is 0 Å². The van der Waals surface area contributed by atoms with Crippen LogP contribution in [-0.4, -0.2) is 37.7 Å². The molecule has 0 aliphatic carbocycles. The maximum atomic E-state index is 9.35. The Hall–Kier alpha value is -1.57. The van der Waals surface area contributed by atoms with Crippen LogP contribution in [0.15, 0.2) is 18.2 Å². The van der Waals surface area contributed by atoms with Crippen molar-refractivity contribution in [3.05, 3.63) is 29.3 Å². The van der Waals surface area contributed by atoms with E-state index >= 15 is 0 Å². The lowest BCUT2D eigenvalue weighted by atomic mass is 10.0. The van der Waals surface area contributed by atoms with Gasteiger partial charge in [-0.05, 0) is 36.3 Å². The normalized spacial score (nSPS) is 14.7. The van der Waals surface area contributed by atoms with Crippen LogP contribution >= 0.6 is 0 Å². The molecule has 4 heteroatoms. The standard InChI is InChI=1S/C16H23N3O/c1-3-19(4-2)9-8-18-15(12-17)13-5-6-16-14(11-13)7-10-20-16/h5-6,11,15,18H,3-4,7-10H2,1-2H3. The van der Waals surface area contributed by atoms with Gasteiger partial charge in [0.15, 0.2) is 0 Å². The summed E-state index contributed by atoms with van der Waals surface area (Å²) in [6.07, 6.45) is 0.945. The van der Waals surface area contributed by atoms with Gasteiger partial charge in [-0.25, -0.2) is 0 Å². The Bertz CT molecular complexity index is 477. The molecule has 0 aromatic heterocycles. The Morgan fingerprint density at radius 2 is 2.20 bits per heavy atom. The summed E-state index contributed by atoms with van der Waals surface area (Å²) in [6, 6.07) is 8.18. The van der Waals surface area contributed by atoms with Gasteiger partial charge >= 0.3 is 0 Å². The van der Waals surface area contributed by atoms with Gasteiger partial charge in [-0.15, -0.1) is 0 Å². The number of ether oxygens (including phenoxy) is 1. The summed E-state index contributed by atoms with van der Waals surface area (Å²) < 4.78 is 5.50. The van der Waals surface area contributed by atoms with E-state index in [1.54, 1.807) is 0 Å². The Morgan fingerprint density at radius 3 is 2.90 bits per heavy atom. The zero-order valence-electron chi connectivity index (χ0n) is 12.4. The molecule has 0 amide bonds. The van der Waals surface area contributed by atoms with E-state index in [1.807, 2.05) is 12.1 Å². The van der Waals surface area contributed by atoms with Gasteiger partial charge in [-0.2, -0.15) is 5.26 Å². The van der Waals surface area contributed by atoms with Crippen LogP contribution in [-0.2, 0) is 6.42 Å². The summed E-state index contributed by atoms with van der Waals surface area (Å²) >= 11 is 0. The number of rotatable bonds is 7. The van der Waals surface area contributed by atoms with Crippen LogP contribution in [0, 0.1) is 11.3 Å². The summed E-state index contributed by atoms with van der Waals surface area (Å²) in [5, 5.41) is 12.7. The highest BCUT2D eigenvalue weighted by molar-refractivity contribution is 5.41. The van der Waals surface area contributed by atoms with Crippen molar-refractivity contribution in [2.45, 2.75) is 26.3 Å². The number of likely N-dealkylation sites (N-methyl/N-ethyl adjacent to an activating group) is 1. The number of nitriles is 1. The van der Waals surface area contributed by atoms with Crippen molar-refractivity contribution in [3.8, 4) is 11.8 Å². The molecule has 0 bridgehead atoms. The summed E-state index contributed by atoms with van der Waals surface area (Å²) in [4.78, 5) is 2.35. The quantitative estimate of drug-likeness (QED) is 0.826. The van der Waals surface area contributed by atoms with Gasteiger partial charge in [0, 0.05) is 19.5 Å². The Kier molecular flexibility index (Phi) is 5.40. The maximum Gasteiger partial charge on any atom is 0.122 e. The first-order valence-electron chi connectivity index (χ1n) is 7.39. The number of hydrogen-bond acceptors (Lipinski definition) is 4. The molecule has 0 saturated heterocycles.